The van der Waals surface area contributed by atoms with E-state index in [2.05, 4.69) is 23.2 Å². The molecule has 0 aromatic carbocycles. The lowest BCUT2D eigenvalue weighted by Gasteiger charge is -1.96. The van der Waals surface area contributed by atoms with Gasteiger partial charge in [-0.3, -0.25) is 4.79 Å². The highest BCUT2D eigenvalue weighted by Crippen LogP contribution is 1.90. The minimum Gasteiger partial charge on any atom is -0.345 e. The van der Waals surface area contributed by atoms with Gasteiger partial charge in [-0.25, -0.2) is 0 Å². The lowest BCUT2D eigenvalue weighted by molar-refractivity contribution is -0.115. The molecule has 0 aromatic heterocycles. The molecule has 0 atom stereocenters. The quantitative estimate of drug-likeness (QED) is 0.383. The zero-order valence-electron chi connectivity index (χ0n) is 7.90. The molecule has 0 spiro atoms. The summed E-state index contributed by atoms with van der Waals surface area (Å²) in [5, 5.41) is 2.68. The van der Waals surface area contributed by atoms with E-state index >= 15 is 0 Å². The number of allylic oxidation sites excluding steroid dienone is 1. The normalized spacial score (nSPS) is 7.92. The van der Waals surface area contributed by atoms with Gasteiger partial charge in [0.1, 0.15) is 0 Å². The molecular weight excluding hydrogens is 150 g/mol. The molecule has 12 heavy (non-hydrogen) atoms. The first-order valence-electron chi connectivity index (χ1n) is 4.00. The van der Waals surface area contributed by atoms with Gasteiger partial charge in [0.25, 0.3) is 5.91 Å². The smallest absolute Gasteiger partial charge is 0.295 e. The molecular formula is C10H15NO. The summed E-state index contributed by atoms with van der Waals surface area (Å²) in [5.41, 5.74) is 1.27. The molecule has 0 unspecified atom stereocenters. The van der Waals surface area contributed by atoms with Gasteiger partial charge in [-0.05, 0) is 33.1 Å². The summed E-state index contributed by atoms with van der Waals surface area (Å²) in [6.45, 7) is 6.38. The van der Waals surface area contributed by atoms with Crippen molar-refractivity contribution in [2.24, 2.45) is 0 Å². The maximum atomic E-state index is 10.8. The Hall–Kier alpha value is -1.23. The van der Waals surface area contributed by atoms with Crippen LogP contribution >= 0.6 is 0 Å². The van der Waals surface area contributed by atoms with Crippen LogP contribution in [0.4, 0.5) is 0 Å². The minimum absolute atomic E-state index is 0.195. The second-order valence-electron chi connectivity index (χ2n) is 2.70. The molecule has 0 bridgehead atoms. The highest BCUT2D eigenvalue weighted by atomic mass is 16.1. The Morgan fingerprint density at radius 1 is 1.50 bits per heavy atom. The Morgan fingerprint density at radius 2 is 2.17 bits per heavy atom. The predicted octanol–water partition coefficient (Wildman–Crippen LogP) is 1.48. The second-order valence-corrected chi connectivity index (χ2v) is 2.70. The van der Waals surface area contributed by atoms with Crippen molar-refractivity contribution in [2.45, 2.75) is 27.2 Å². The number of carbonyl (C=O) groups is 1. The Bertz CT molecular complexity index is 226. The van der Waals surface area contributed by atoms with Crippen LogP contribution in [0, 0.1) is 11.8 Å². The van der Waals surface area contributed by atoms with Gasteiger partial charge in [0.2, 0.25) is 0 Å². The van der Waals surface area contributed by atoms with E-state index in [4.69, 9.17) is 0 Å². The number of hydrogen-bond acceptors (Lipinski definition) is 1. The number of nitrogens with one attached hydrogen (secondary N) is 1. The topological polar surface area (TPSA) is 29.1 Å². The largest absolute Gasteiger partial charge is 0.345 e. The van der Waals surface area contributed by atoms with Crippen LogP contribution in [-0.2, 0) is 4.79 Å². The summed E-state index contributed by atoms with van der Waals surface area (Å²) in [6, 6.07) is 0. The van der Waals surface area contributed by atoms with Crippen LogP contribution in [0.1, 0.15) is 27.2 Å². The average molecular weight is 165 g/mol. The molecule has 1 amide bonds. The van der Waals surface area contributed by atoms with E-state index in [0.717, 1.165) is 6.42 Å². The van der Waals surface area contributed by atoms with Crippen LogP contribution < -0.4 is 5.32 Å². The lowest BCUT2D eigenvalue weighted by atomic mass is 10.3. The molecule has 0 aliphatic rings. The van der Waals surface area contributed by atoms with E-state index in [1.165, 1.54) is 5.57 Å². The van der Waals surface area contributed by atoms with Gasteiger partial charge < -0.3 is 5.32 Å². The zero-order chi connectivity index (χ0) is 9.40. The van der Waals surface area contributed by atoms with Crippen LogP contribution in [0.2, 0.25) is 0 Å². The van der Waals surface area contributed by atoms with Crippen LogP contribution in [0.15, 0.2) is 11.6 Å². The SMILES string of the molecule is CC#CC(=O)NCCC=C(C)C. The molecule has 0 aromatic rings. The Labute approximate surface area is 74.0 Å². The van der Waals surface area contributed by atoms with E-state index < -0.39 is 0 Å². The molecule has 0 rings (SSSR count). The second kappa shape index (κ2) is 6.48. The standard InChI is InChI=1S/C10H15NO/c1-4-6-10(12)11-8-5-7-9(2)3/h7H,5,8H2,1-3H3,(H,11,12). The molecule has 2 nitrogen and oxygen atoms in total. The first-order valence-corrected chi connectivity index (χ1v) is 4.00. The maximum Gasteiger partial charge on any atom is 0.295 e. The van der Waals surface area contributed by atoms with Crippen molar-refractivity contribution in [2.75, 3.05) is 6.54 Å². The Kier molecular flexibility index (Phi) is 5.81. The molecule has 0 saturated heterocycles. The van der Waals surface area contributed by atoms with Gasteiger partial charge in [-0.15, -0.1) is 0 Å². The summed E-state index contributed by atoms with van der Waals surface area (Å²) in [6.07, 6.45) is 2.96. The number of amides is 1. The first kappa shape index (κ1) is 10.8. The minimum atomic E-state index is -0.195. The molecule has 66 valence electrons. The summed E-state index contributed by atoms with van der Waals surface area (Å²) in [7, 11) is 0. The fourth-order valence-corrected chi connectivity index (χ4v) is 0.704. The van der Waals surface area contributed by atoms with Gasteiger partial charge in [-0.2, -0.15) is 0 Å². The van der Waals surface area contributed by atoms with E-state index in [1.807, 2.05) is 13.8 Å². The van der Waals surface area contributed by atoms with Crippen LogP contribution in [0.5, 0.6) is 0 Å². The molecule has 0 aliphatic heterocycles. The first-order chi connectivity index (χ1) is 5.66. The lowest BCUT2D eigenvalue weighted by Crippen LogP contribution is -2.22. The maximum absolute atomic E-state index is 10.8. The summed E-state index contributed by atoms with van der Waals surface area (Å²) in [5.74, 6) is 4.76. The monoisotopic (exact) mass is 165 g/mol. The zero-order valence-corrected chi connectivity index (χ0v) is 7.90. The number of carbonyl (C=O) groups excluding carboxylic acids is 1. The van der Waals surface area contributed by atoms with Gasteiger partial charge in [-0.1, -0.05) is 17.6 Å². The third-order valence-electron chi connectivity index (χ3n) is 1.22. The van der Waals surface area contributed by atoms with E-state index in [1.54, 1.807) is 6.92 Å². The molecule has 0 radical (unpaired) electrons. The van der Waals surface area contributed by atoms with Crippen LogP contribution in [-0.4, -0.2) is 12.5 Å². The van der Waals surface area contributed by atoms with E-state index in [0.29, 0.717) is 6.54 Å². The van der Waals surface area contributed by atoms with Crippen molar-refractivity contribution >= 4 is 5.91 Å². The van der Waals surface area contributed by atoms with Gasteiger partial charge in [0, 0.05) is 6.54 Å². The molecule has 0 saturated carbocycles. The van der Waals surface area contributed by atoms with Crippen molar-refractivity contribution < 1.29 is 4.79 Å². The third-order valence-corrected chi connectivity index (χ3v) is 1.22. The van der Waals surface area contributed by atoms with Crippen LogP contribution in [0.25, 0.3) is 0 Å². The molecule has 0 aliphatic carbocycles. The molecule has 0 heterocycles. The van der Waals surface area contributed by atoms with Gasteiger partial charge in [0.15, 0.2) is 0 Å². The van der Waals surface area contributed by atoms with Crippen molar-refractivity contribution in [1.82, 2.24) is 5.32 Å². The fourth-order valence-electron chi connectivity index (χ4n) is 0.704. The van der Waals surface area contributed by atoms with Crippen molar-refractivity contribution in [3.63, 3.8) is 0 Å². The van der Waals surface area contributed by atoms with E-state index in [-0.39, 0.29) is 5.91 Å². The summed E-state index contributed by atoms with van der Waals surface area (Å²) >= 11 is 0. The van der Waals surface area contributed by atoms with Crippen molar-refractivity contribution in [1.29, 1.82) is 0 Å². The van der Waals surface area contributed by atoms with Gasteiger partial charge in [0.05, 0.1) is 0 Å². The molecule has 1 N–H and O–H groups in total. The summed E-state index contributed by atoms with van der Waals surface area (Å²) in [4.78, 5) is 10.8. The van der Waals surface area contributed by atoms with Crippen molar-refractivity contribution in [3.8, 4) is 11.8 Å². The fraction of sp³-hybridized carbons (Fsp3) is 0.500. The Morgan fingerprint density at radius 3 is 2.67 bits per heavy atom. The van der Waals surface area contributed by atoms with Crippen molar-refractivity contribution in [3.05, 3.63) is 11.6 Å². The average Bonchev–Trinajstić information content (AvgIpc) is 1.98. The number of hydrogen-bond donors (Lipinski definition) is 1. The number of rotatable bonds is 3. The van der Waals surface area contributed by atoms with Crippen LogP contribution in [0.3, 0.4) is 0 Å². The third kappa shape index (κ3) is 6.88. The molecule has 2 heteroatoms. The Balaban J connectivity index is 3.49. The van der Waals surface area contributed by atoms with Gasteiger partial charge >= 0.3 is 0 Å². The summed E-state index contributed by atoms with van der Waals surface area (Å²) < 4.78 is 0. The predicted molar refractivity (Wildman–Crippen MR) is 50.5 cm³/mol. The highest BCUT2D eigenvalue weighted by molar-refractivity contribution is 5.93. The highest BCUT2D eigenvalue weighted by Gasteiger charge is 1.90. The molecule has 0 fully saturated rings. The van der Waals surface area contributed by atoms with E-state index in [9.17, 15) is 4.79 Å².